The molecule has 0 radical (unpaired) electrons. The third-order valence-electron chi connectivity index (χ3n) is 7.78. The number of likely N-dealkylation sites (N-methyl/N-ethyl adjacent to an activating group) is 1. The van der Waals surface area contributed by atoms with Gasteiger partial charge < -0.3 is 19.5 Å². The van der Waals surface area contributed by atoms with Gasteiger partial charge in [-0.15, -0.1) is 0 Å². The third kappa shape index (κ3) is 5.26. The summed E-state index contributed by atoms with van der Waals surface area (Å²) in [5, 5.41) is 10.4. The number of likely N-dealkylation sites (tertiary alicyclic amines) is 1. The number of hydrogen-bond donors (Lipinski definition) is 1. The van der Waals surface area contributed by atoms with E-state index in [2.05, 4.69) is 25.8 Å². The average Bonchev–Trinajstić information content (AvgIpc) is 3.54. The number of hydrogen-bond acceptors (Lipinski definition) is 5. The molecule has 4 heterocycles. The summed E-state index contributed by atoms with van der Waals surface area (Å²) in [6, 6.07) is 10.1. The summed E-state index contributed by atoms with van der Waals surface area (Å²) in [5.74, 6) is -0.968. The molecule has 1 unspecified atom stereocenters. The van der Waals surface area contributed by atoms with Crippen LogP contribution in [0.15, 0.2) is 42.6 Å². The lowest BCUT2D eigenvalue weighted by Crippen LogP contribution is -2.37. The average molecular weight is 578 g/mol. The summed E-state index contributed by atoms with van der Waals surface area (Å²) in [6.07, 6.45) is 2.69. The lowest BCUT2D eigenvalue weighted by molar-refractivity contribution is 0.0694. The summed E-state index contributed by atoms with van der Waals surface area (Å²) < 4.78 is 16.3. The zero-order valence-corrected chi connectivity index (χ0v) is 24.8. The van der Waals surface area contributed by atoms with Crippen molar-refractivity contribution in [3.8, 4) is 11.1 Å². The van der Waals surface area contributed by atoms with E-state index < -0.39 is 11.8 Å². The fraction of sp³-hybridized carbons (Fsp3) is 0.355. The molecule has 1 atom stereocenters. The minimum absolute atomic E-state index is 0.0227. The molecule has 41 heavy (non-hydrogen) atoms. The van der Waals surface area contributed by atoms with Crippen molar-refractivity contribution in [1.29, 1.82) is 0 Å². The van der Waals surface area contributed by atoms with Gasteiger partial charge in [0.25, 0.3) is 5.91 Å². The number of carboxylic acids is 1. The molecule has 1 aliphatic heterocycles. The number of anilines is 1. The van der Waals surface area contributed by atoms with Gasteiger partial charge in [0.05, 0.1) is 16.3 Å². The molecule has 10 heteroatoms. The zero-order chi connectivity index (χ0) is 29.8. The Bertz CT molecular complexity index is 1670. The molecule has 0 spiro atoms. The van der Waals surface area contributed by atoms with E-state index in [0.29, 0.717) is 47.1 Å². The third-order valence-corrected chi connectivity index (χ3v) is 8.09. The highest BCUT2D eigenvalue weighted by atomic mass is 35.5. The first-order valence-electron chi connectivity index (χ1n) is 13.5. The minimum atomic E-state index is -0.992. The molecule has 1 N–H and O–H groups in total. The van der Waals surface area contributed by atoms with Crippen molar-refractivity contribution in [3.63, 3.8) is 0 Å². The number of carboxylic acid groups (broad SMARTS) is 1. The van der Waals surface area contributed by atoms with Crippen LogP contribution in [0.25, 0.3) is 22.2 Å². The minimum Gasteiger partial charge on any atom is -0.478 e. The maximum absolute atomic E-state index is 14.3. The Balaban J connectivity index is 1.42. The molecule has 1 fully saturated rings. The molecule has 0 bridgehead atoms. The normalized spacial score (nSPS) is 15.5. The number of fused-ring (bicyclic) bond motifs is 1. The van der Waals surface area contributed by atoms with Crippen molar-refractivity contribution < 1.29 is 19.1 Å². The number of carbonyl (C=O) groups excluding carboxylic acids is 1. The summed E-state index contributed by atoms with van der Waals surface area (Å²) in [7, 11) is 1.92. The van der Waals surface area contributed by atoms with Gasteiger partial charge in [0.1, 0.15) is 23.0 Å². The Hall–Kier alpha value is -3.98. The summed E-state index contributed by atoms with van der Waals surface area (Å²) in [4.78, 5) is 38.3. The van der Waals surface area contributed by atoms with Crippen molar-refractivity contribution in [1.82, 2.24) is 19.4 Å². The first-order valence-corrected chi connectivity index (χ1v) is 13.9. The second-order valence-electron chi connectivity index (χ2n) is 11.6. The van der Waals surface area contributed by atoms with Crippen molar-refractivity contribution in [3.05, 3.63) is 75.9 Å². The van der Waals surface area contributed by atoms with E-state index in [-0.39, 0.29) is 28.1 Å². The van der Waals surface area contributed by atoms with Gasteiger partial charge in [0, 0.05) is 48.9 Å². The number of aromatic carboxylic acids is 1. The van der Waals surface area contributed by atoms with E-state index in [0.717, 1.165) is 17.4 Å². The van der Waals surface area contributed by atoms with Gasteiger partial charge in [-0.2, -0.15) is 0 Å². The van der Waals surface area contributed by atoms with E-state index in [1.807, 2.05) is 28.8 Å². The molecule has 214 valence electrons. The van der Waals surface area contributed by atoms with Gasteiger partial charge >= 0.3 is 5.97 Å². The van der Waals surface area contributed by atoms with Crippen LogP contribution in [0.1, 0.15) is 59.3 Å². The number of benzene rings is 1. The summed E-state index contributed by atoms with van der Waals surface area (Å²) in [5.41, 5.74) is 3.48. The van der Waals surface area contributed by atoms with Crippen LogP contribution in [0.2, 0.25) is 5.02 Å². The molecular formula is C31H33ClFN5O3. The van der Waals surface area contributed by atoms with E-state index in [1.165, 1.54) is 12.1 Å². The maximum Gasteiger partial charge on any atom is 0.337 e. The number of rotatable bonds is 5. The molecule has 8 nitrogen and oxygen atoms in total. The highest BCUT2D eigenvalue weighted by Gasteiger charge is 2.32. The number of aryl methyl sites for hydroxylation is 2. The Morgan fingerprint density at radius 2 is 1.85 bits per heavy atom. The standard InChI is InChI=1S/C31H33ClFN5O3/c1-17-13-26(34-18(2)27(17)30(40)41)36(6)20-11-12-37(15-20)29(39)25-10-8-21-22(19-7-9-23(32)24(33)14-19)16-38(28(21)35-25)31(3,4)5/h7-10,13-14,16,20H,11-12,15H2,1-6H3,(H,40,41). The molecule has 3 aromatic heterocycles. The van der Waals surface area contributed by atoms with Crippen LogP contribution in [0.4, 0.5) is 10.2 Å². The SMILES string of the molecule is Cc1cc(N(C)C2CCN(C(=O)c3ccc4c(-c5ccc(Cl)c(F)c5)cn(C(C)(C)C)c4n3)C2)nc(C)c1C(=O)O. The molecule has 4 aromatic rings. The van der Waals surface area contributed by atoms with Crippen LogP contribution >= 0.6 is 11.6 Å². The van der Waals surface area contributed by atoms with Gasteiger partial charge in [-0.3, -0.25) is 4.79 Å². The smallest absolute Gasteiger partial charge is 0.337 e. The molecule has 1 amide bonds. The fourth-order valence-corrected chi connectivity index (χ4v) is 5.65. The van der Waals surface area contributed by atoms with Crippen LogP contribution in [0.3, 0.4) is 0 Å². The number of pyridine rings is 2. The van der Waals surface area contributed by atoms with Crippen LogP contribution < -0.4 is 4.90 Å². The Labute approximate surface area is 243 Å². The molecule has 1 saturated heterocycles. The highest BCUT2D eigenvalue weighted by molar-refractivity contribution is 6.30. The first-order chi connectivity index (χ1) is 19.3. The topological polar surface area (TPSA) is 91.6 Å². The van der Waals surface area contributed by atoms with E-state index in [4.69, 9.17) is 16.6 Å². The number of amides is 1. The number of carbonyl (C=O) groups is 2. The molecule has 0 aliphatic carbocycles. The summed E-state index contributed by atoms with van der Waals surface area (Å²) in [6.45, 7) is 10.7. The van der Waals surface area contributed by atoms with E-state index in [9.17, 15) is 19.1 Å². The Morgan fingerprint density at radius 1 is 1.12 bits per heavy atom. The predicted molar refractivity (Wildman–Crippen MR) is 159 cm³/mol. The number of halogens is 2. The van der Waals surface area contributed by atoms with Crippen LogP contribution in [-0.2, 0) is 5.54 Å². The van der Waals surface area contributed by atoms with E-state index >= 15 is 0 Å². The van der Waals surface area contributed by atoms with Crippen molar-refractivity contribution in [2.45, 2.75) is 52.6 Å². The fourth-order valence-electron chi connectivity index (χ4n) is 5.53. The second-order valence-corrected chi connectivity index (χ2v) is 12.1. The van der Waals surface area contributed by atoms with Crippen LogP contribution in [-0.4, -0.2) is 62.6 Å². The van der Waals surface area contributed by atoms with Crippen LogP contribution in [0, 0.1) is 19.7 Å². The van der Waals surface area contributed by atoms with Crippen molar-refractivity contribution in [2.24, 2.45) is 0 Å². The maximum atomic E-state index is 14.3. The second kappa shape index (κ2) is 10.4. The first kappa shape index (κ1) is 28.5. The van der Waals surface area contributed by atoms with Gasteiger partial charge in [-0.1, -0.05) is 17.7 Å². The quantitative estimate of drug-likeness (QED) is 0.299. The molecular weight excluding hydrogens is 545 g/mol. The van der Waals surface area contributed by atoms with Gasteiger partial charge in [-0.25, -0.2) is 19.2 Å². The van der Waals surface area contributed by atoms with Gasteiger partial charge in [0.15, 0.2) is 0 Å². The van der Waals surface area contributed by atoms with E-state index in [1.54, 1.807) is 36.9 Å². The number of aromatic nitrogens is 3. The lowest BCUT2D eigenvalue weighted by atomic mass is 10.1. The molecule has 5 rings (SSSR count). The Morgan fingerprint density at radius 3 is 2.49 bits per heavy atom. The summed E-state index contributed by atoms with van der Waals surface area (Å²) >= 11 is 5.92. The van der Waals surface area contributed by atoms with Crippen LogP contribution in [0.5, 0.6) is 0 Å². The monoisotopic (exact) mass is 577 g/mol. The van der Waals surface area contributed by atoms with Gasteiger partial charge in [-0.05, 0) is 82.5 Å². The molecule has 0 saturated carbocycles. The predicted octanol–water partition coefficient (Wildman–Crippen LogP) is 6.31. The Kier molecular flexibility index (Phi) is 7.27. The number of nitrogens with zero attached hydrogens (tertiary/aromatic N) is 5. The van der Waals surface area contributed by atoms with Crippen molar-refractivity contribution in [2.75, 3.05) is 25.0 Å². The van der Waals surface area contributed by atoms with Crippen molar-refractivity contribution >= 4 is 40.3 Å². The zero-order valence-electron chi connectivity index (χ0n) is 24.0. The van der Waals surface area contributed by atoms with Gasteiger partial charge in [0.2, 0.25) is 0 Å². The lowest BCUT2D eigenvalue weighted by Gasteiger charge is -2.27. The largest absolute Gasteiger partial charge is 0.478 e. The highest BCUT2D eigenvalue weighted by Crippen LogP contribution is 2.35. The molecule has 1 aliphatic rings. The molecule has 1 aromatic carbocycles.